The third kappa shape index (κ3) is 9.29. The van der Waals surface area contributed by atoms with Gasteiger partial charge in [-0.2, -0.15) is 0 Å². The normalized spacial score (nSPS) is 9.80. The monoisotopic (exact) mass is 210 g/mol. The van der Waals surface area contributed by atoms with Gasteiger partial charge in [0.25, 0.3) is 0 Å². The molecule has 0 spiro atoms. The number of hydrogen-bond donors (Lipinski definition) is 0. The standard InChI is InChI=1S/C7H8O.C6H14O/c1-8-7-5-3-2-4-6-7;1-5(2)7-6(3)4/h2-6H,1H3;5-6H,1-4H3. The molecule has 0 unspecified atom stereocenters. The van der Waals surface area contributed by atoms with Crippen LogP contribution in [-0.4, -0.2) is 19.3 Å². The molecule has 0 aliphatic rings. The molecule has 0 amide bonds. The summed E-state index contributed by atoms with van der Waals surface area (Å²) < 4.78 is 10.2. The van der Waals surface area contributed by atoms with Gasteiger partial charge in [0.1, 0.15) is 5.75 Å². The van der Waals surface area contributed by atoms with Crippen LogP contribution >= 0.6 is 0 Å². The van der Waals surface area contributed by atoms with E-state index in [2.05, 4.69) is 0 Å². The average molecular weight is 210 g/mol. The van der Waals surface area contributed by atoms with Crippen molar-refractivity contribution in [3.8, 4) is 5.75 Å². The zero-order valence-corrected chi connectivity index (χ0v) is 10.4. The van der Waals surface area contributed by atoms with Crippen LogP contribution in [0.25, 0.3) is 0 Å². The topological polar surface area (TPSA) is 18.5 Å². The minimum absolute atomic E-state index is 0.375. The van der Waals surface area contributed by atoms with Gasteiger partial charge >= 0.3 is 0 Å². The van der Waals surface area contributed by atoms with Crippen molar-refractivity contribution >= 4 is 0 Å². The van der Waals surface area contributed by atoms with E-state index in [1.807, 2.05) is 58.0 Å². The van der Waals surface area contributed by atoms with Gasteiger partial charge in [-0.05, 0) is 39.8 Å². The first-order chi connectivity index (χ1) is 7.06. The quantitative estimate of drug-likeness (QED) is 0.760. The van der Waals surface area contributed by atoms with Crippen LogP contribution in [-0.2, 0) is 4.74 Å². The third-order valence-corrected chi connectivity index (χ3v) is 1.52. The van der Waals surface area contributed by atoms with Crippen molar-refractivity contribution in [3.05, 3.63) is 30.3 Å². The Kier molecular flexibility index (Phi) is 7.74. The average Bonchev–Trinajstić information content (AvgIpc) is 2.18. The second-order valence-electron chi connectivity index (χ2n) is 3.75. The van der Waals surface area contributed by atoms with E-state index in [0.29, 0.717) is 12.2 Å². The second-order valence-corrected chi connectivity index (χ2v) is 3.75. The lowest BCUT2D eigenvalue weighted by Crippen LogP contribution is -2.09. The highest BCUT2D eigenvalue weighted by Crippen LogP contribution is 2.05. The van der Waals surface area contributed by atoms with Gasteiger partial charge in [-0.15, -0.1) is 0 Å². The maximum atomic E-state index is 5.25. The largest absolute Gasteiger partial charge is 0.497 e. The van der Waals surface area contributed by atoms with Crippen LogP contribution in [0.15, 0.2) is 30.3 Å². The molecule has 2 nitrogen and oxygen atoms in total. The van der Waals surface area contributed by atoms with Crippen LogP contribution in [0, 0.1) is 0 Å². The molecule has 1 rings (SSSR count). The Morgan fingerprint density at radius 3 is 1.53 bits per heavy atom. The molecule has 2 heteroatoms. The summed E-state index contributed by atoms with van der Waals surface area (Å²) in [6.07, 6.45) is 0.750. The first kappa shape index (κ1) is 14.0. The van der Waals surface area contributed by atoms with Crippen molar-refractivity contribution in [1.29, 1.82) is 0 Å². The molecule has 0 fully saturated rings. The summed E-state index contributed by atoms with van der Waals surface area (Å²) in [5.74, 6) is 0.910. The highest BCUT2D eigenvalue weighted by Gasteiger charge is 1.94. The summed E-state index contributed by atoms with van der Waals surface area (Å²) in [4.78, 5) is 0. The highest BCUT2D eigenvalue weighted by atomic mass is 16.5. The minimum Gasteiger partial charge on any atom is -0.497 e. The Bertz CT molecular complexity index is 224. The molecular weight excluding hydrogens is 188 g/mol. The maximum absolute atomic E-state index is 5.25. The zero-order chi connectivity index (χ0) is 11.7. The second kappa shape index (κ2) is 8.30. The van der Waals surface area contributed by atoms with Crippen molar-refractivity contribution in [1.82, 2.24) is 0 Å². The van der Waals surface area contributed by atoms with E-state index < -0.39 is 0 Å². The summed E-state index contributed by atoms with van der Waals surface area (Å²) in [7, 11) is 1.66. The smallest absolute Gasteiger partial charge is 0.118 e. The summed E-state index contributed by atoms with van der Waals surface area (Å²) in [5, 5.41) is 0. The molecule has 86 valence electrons. The fourth-order valence-corrected chi connectivity index (χ4v) is 1.10. The zero-order valence-electron chi connectivity index (χ0n) is 10.4. The Hall–Kier alpha value is -1.02. The van der Waals surface area contributed by atoms with Gasteiger partial charge in [0.2, 0.25) is 0 Å². The number of ether oxygens (including phenoxy) is 2. The molecule has 0 aromatic heterocycles. The minimum atomic E-state index is 0.375. The van der Waals surface area contributed by atoms with E-state index in [1.54, 1.807) is 7.11 Å². The third-order valence-electron chi connectivity index (χ3n) is 1.52. The van der Waals surface area contributed by atoms with E-state index in [1.165, 1.54) is 0 Å². The molecule has 0 saturated heterocycles. The molecule has 1 aromatic rings. The van der Waals surface area contributed by atoms with Crippen LogP contribution in [0.5, 0.6) is 5.75 Å². The lowest BCUT2D eigenvalue weighted by atomic mass is 10.3. The predicted molar refractivity (Wildman–Crippen MR) is 64.4 cm³/mol. The van der Waals surface area contributed by atoms with Crippen LogP contribution < -0.4 is 4.74 Å². The summed E-state index contributed by atoms with van der Waals surface area (Å²) in [6.45, 7) is 8.17. The molecule has 0 heterocycles. The van der Waals surface area contributed by atoms with Gasteiger partial charge in [0, 0.05) is 0 Å². The van der Waals surface area contributed by atoms with Crippen molar-refractivity contribution in [2.75, 3.05) is 7.11 Å². The summed E-state index contributed by atoms with van der Waals surface area (Å²) in [5.41, 5.74) is 0. The van der Waals surface area contributed by atoms with Gasteiger partial charge in [0.05, 0.1) is 19.3 Å². The molecule has 0 bridgehead atoms. The highest BCUT2D eigenvalue weighted by molar-refractivity contribution is 5.20. The van der Waals surface area contributed by atoms with Gasteiger partial charge in [-0.25, -0.2) is 0 Å². The Morgan fingerprint density at radius 2 is 1.33 bits per heavy atom. The summed E-state index contributed by atoms with van der Waals surface area (Å²) >= 11 is 0. The molecule has 15 heavy (non-hydrogen) atoms. The molecule has 0 radical (unpaired) electrons. The Balaban J connectivity index is 0.000000265. The molecule has 0 atom stereocenters. The molecule has 0 saturated carbocycles. The SMILES string of the molecule is CC(C)OC(C)C.COc1ccccc1. The lowest BCUT2D eigenvalue weighted by molar-refractivity contribution is 0.0300. The Morgan fingerprint density at radius 1 is 0.867 bits per heavy atom. The van der Waals surface area contributed by atoms with Crippen LogP contribution in [0.1, 0.15) is 27.7 Å². The van der Waals surface area contributed by atoms with Gasteiger partial charge in [-0.3, -0.25) is 0 Å². The van der Waals surface area contributed by atoms with Crippen molar-refractivity contribution in [2.45, 2.75) is 39.9 Å². The molecular formula is C13H22O2. The number of hydrogen-bond acceptors (Lipinski definition) is 2. The lowest BCUT2D eigenvalue weighted by Gasteiger charge is -2.09. The maximum Gasteiger partial charge on any atom is 0.118 e. The van der Waals surface area contributed by atoms with Crippen molar-refractivity contribution in [2.24, 2.45) is 0 Å². The van der Waals surface area contributed by atoms with Gasteiger partial charge in [0.15, 0.2) is 0 Å². The fraction of sp³-hybridized carbons (Fsp3) is 0.538. The summed E-state index contributed by atoms with van der Waals surface area (Å²) in [6, 6.07) is 9.68. The Labute approximate surface area is 93.2 Å². The van der Waals surface area contributed by atoms with Crippen LogP contribution in [0.3, 0.4) is 0 Å². The fourth-order valence-electron chi connectivity index (χ4n) is 1.10. The molecule has 0 N–H and O–H groups in total. The van der Waals surface area contributed by atoms with E-state index in [4.69, 9.17) is 9.47 Å². The number of para-hydroxylation sites is 1. The van der Waals surface area contributed by atoms with E-state index >= 15 is 0 Å². The van der Waals surface area contributed by atoms with Crippen LogP contribution in [0.2, 0.25) is 0 Å². The van der Waals surface area contributed by atoms with E-state index in [-0.39, 0.29) is 0 Å². The van der Waals surface area contributed by atoms with Gasteiger partial charge < -0.3 is 9.47 Å². The van der Waals surface area contributed by atoms with Crippen molar-refractivity contribution in [3.63, 3.8) is 0 Å². The first-order valence-corrected chi connectivity index (χ1v) is 5.30. The first-order valence-electron chi connectivity index (χ1n) is 5.30. The molecule has 1 aromatic carbocycles. The van der Waals surface area contributed by atoms with E-state index in [0.717, 1.165) is 5.75 Å². The van der Waals surface area contributed by atoms with Gasteiger partial charge in [-0.1, -0.05) is 18.2 Å². The van der Waals surface area contributed by atoms with Crippen LogP contribution in [0.4, 0.5) is 0 Å². The number of rotatable bonds is 3. The predicted octanol–water partition coefficient (Wildman–Crippen LogP) is 3.52. The van der Waals surface area contributed by atoms with E-state index in [9.17, 15) is 0 Å². The van der Waals surface area contributed by atoms with Crippen molar-refractivity contribution < 1.29 is 9.47 Å². The molecule has 0 aliphatic carbocycles. The number of benzene rings is 1. The molecule has 0 aliphatic heterocycles. The number of methoxy groups -OCH3 is 1.